The maximum absolute atomic E-state index is 14.3. The third kappa shape index (κ3) is 3.55. The lowest BCUT2D eigenvalue weighted by Gasteiger charge is -2.15. The lowest BCUT2D eigenvalue weighted by Crippen LogP contribution is -2.18. The van der Waals surface area contributed by atoms with E-state index in [0.29, 0.717) is 12.2 Å². The summed E-state index contributed by atoms with van der Waals surface area (Å²) < 4.78 is 28.6. The first-order valence-corrected chi connectivity index (χ1v) is 9.33. The summed E-state index contributed by atoms with van der Waals surface area (Å²) >= 11 is 0. The van der Waals surface area contributed by atoms with Crippen LogP contribution >= 0.6 is 0 Å². The number of halogens is 2. The third-order valence-corrected chi connectivity index (χ3v) is 4.85. The van der Waals surface area contributed by atoms with Crippen LogP contribution in [0.15, 0.2) is 59.4 Å². The van der Waals surface area contributed by atoms with Crippen LogP contribution in [0.25, 0.3) is 21.8 Å². The summed E-state index contributed by atoms with van der Waals surface area (Å²) in [6.45, 7) is 0.590. The molecule has 1 amide bonds. The molecule has 1 heterocycles. The van der Waals surface area contributed by atoms with E-state index in [-0.39, 0.29) is 27.4 Å². The fourth-order valence-electron chi connectivity index (χ4n) is 3.52. The number of para-hydroxylation sites is 2. The Morgan fingerprint density at radius 1 is 1.00 bits per heavy atom. The number of aromatic amines is 1. The van der Waals surface area contributed by atoms with Gasteiger partial charge in [0, 0.05) is 23.0 Å². The van der Waals surface area contributed by atoms with Crippen molar-refractivity contribution in [1.29, 1.82) is 0 Å². The average Bonchev–Trinajstić information content (AvgIpc) is 2.70. The van der Waals surface area contributed by atoms with E-state index in [9.17, 15) is 18.4 Å². The van der Waals surface area contributed by atoms with Crippen LogP contribution in [0.4, 0.5) is 14.5 Å². The molecule has 0 unspecified atom stereocenters. The van der Waals surface area contributed by atoms with Crippen LogP contribution in [0.2, 0.25) is 0 Å². The molecule has 0 atom stereocenters. The molecule has 0 bridgehead atoms. The summed E-state index contributed by atoms with van der Waals surface area (Å²) in [5, 5.41) is 2.86. The smallest absolute Gasteiger partial charge is 0.257 e. The topological polar surface area (TPSA) is 65.2 Å². The van der Waals surface area contributed by atoms with Crippen molar-refractivity contribution in [2.24, 2.45) is 0 Å². The van der Waals surface area contributed by atoms with E-state index in [1.54, 1.807) is 12.1 Å². The second kappa shape index (κ2) is 7.68. The molecule has 5 nitrogen and oxygen atoms in total. The van der Waals surface area contributed by atoms with Gasteiger partial charge in [-0.05, 0) is 50.0 Å². The molecule has 2 N–H and O–H groups in total. The quantitative estimate of drug-likeness (QED) is 0.497. The third-order valence-electron chi connectivity index (χ3n) is 4.85. The first-order chi connectivity index (χ1) is 14.3. The number of hydrogen-bond donors (Lipinski definition) is 2. The first kappa shape index (κ1) is 19.7. The van der Waals surface area contributed by atoms with Gasteiger partial charge in [0.1, 0.15) is 11.6 Å². The highest BCUT2D eigenvalue weighted by Crippen LogP contribution is 2.24. The molecule has 0 aliphatic rings. The van der Waals surface area contributed by atoms with Gasteiger partial charge < -0.3 is 15.2 Å². The number of amides is 1. The second-order valence-electron chi connectivity index (χ2n) is 7.34. The van der Waals surface area contributed by atoms with Crippen LogP contribution in [-0.2, 0) is 6.54 Å². The lowest BCUT2D eigenvalue weighted by molar-refractivity contribution is 0.102. The van der Waals surface area contributed by atoms with E-state index in [1.807, 2.05) is 31.1 Å². The van der Waals surface area contributed by atoms with Crippen molar-refractivity contribution in [2.75, 3.05) is 19.4 Å². The highest BCUT2D eigenvalue weighted by Gasteiger charge is 2.18. The van der Waals surface area contributed by atoms with Crippen molar-refractivity contribution in [3.8, 4) is 0 Å². The number of nitrogens with one attached hydrogen (secondary N) is 2. The van der Waals surface area contributed by atoms with E-state index in [1.165, 1.54) is 18.2 Å². The molecule has 0 aliphatic carbocycles. The minimum Gasteiger partial charge on any atom is -0.351 e. The van der Waals surface area contributed by atoms with E-state index < -0.39 is 23.0 Å². The van der Waals surface area contributed by atoms with E-state index >= 15 is 0 Å². The summed E-state index contributed by atoms with van der Waals surface area (Å²) in [7, 11) is 3.81. The summed E-state index contributed by atoms with van der Waals surface area (Å²) in [4.78, 5) is 30.6. The van der Waals surface area contributed by atoms with Crippen molar-refractivity contribution in [3.63, 3.8) is 0 Å². The zero-order chi connectivity index (χ0) is 21.4. The Balaban J connectivity index is 1.87. The molecule has 0 radical (unpaired) electrons. The largest absolute Gasteiger partial charge is 0.351 e. The van der Waals surface area contributed by atoms with E-state index in [0.717, 1.165) is 17.7 Å². The Morgan fingerprint density at radius 3 is 2.53 bits per heavy atom. The van der Waals surface area contributed by atoms with E-state index in [2.05, 4.69) is 10.3 Å². The number of nitrogens with zero attached hydrogens (tertiary/aromatic N) is 1. The Kier molecular flexibility index (Phi) is 5.05. The Morgan fingerprint density at radius 2 is 1.77 bits per heavy atom. The second-order valence-corrected chi connectivity index (χ2v) is 7.34. The molecule has 0 aliphatic heterocycles. The monoisotopic (exact) mass is 407 g/mol. The molecule has 7 heteroatoms. The molecule has 30 heavy (non-hydrogen) atoms. The normalized spacial score (nSPS) is 11.4. The highest BCUT2D eigenvalue weighted by atomic mass is 19.1. The van der Waals surface area contributed by atoms with Gasteiger partial charge in [0.15, 0.2) is 5.43 Å². The molecular formula is C23H19F2N3O2. The number of aromatic nitrogens is 1. The van der Waals surface area contributed by atoms with Gasteiger partial charge in [-0.3, -0.25) is 9.59 Å². The number of H-pyrrole nitrogens is 1. The predicted molar refractivity (Wildman–Crippen MR) is 114 cm³/mol. The first-order valence-electron chi connectivity index (χ1n) is 9.33. The SMILES string of the molecule is CN(C)Cc1ccccc1NC(=O)c1cc(F)cc2c(=O)c3cccc(F)c3[nH]c12. The van der Waals surface area contributed by atoms with Gasteiger partial charge in [-0.2, -0.15) is 0 Å². The minimum absolute atomic E-state index is 0.0140. The van der Waals surface area contributed by atoms with Crippen LogP contribution in [0.5, 0.6) is 0 Å². The van der Waals surface area contributed by atoms with Crippen molar-refractivity contribution in [3.05, 3.63) is 87.6 Å². The number of pyridine rings is 1. The molecule has 152 valence electrons. The Hall–Kier alpha value is -3.58. The van der Waals surface area contributed by atoms with Crippen LogP contribution < -0.4 is 10.7 Å². The van der Waals surface area contributed by atoms with Crippen molar-refractivity contribution < 1.29 is 13.6 Å². The van der Waals surface area contributed by atoms with Gasteiger partial charge in [-0.1, -0.05) is 24.3 Å². The molecule has 1 aromatic heterocycles. The van der Waals surface area contributed by atoms with Gasteiger partial charge >= 0.3 is 0 Å². The zero-order valence-electron chi connectivity index (χ0n) is 16.4. The fourth-order valence-corrected chi connectivity index (χ4v) is 3.52. The number of hydrogen-bond acceptors (Lipinski definition) is 3. The number of fused-ring (bicyclic) bond motifs is 2. The van der Waals surface area contributed by atoms with E-state index in [4.69, 9.17) is 0 Å². The molecule has 4 rings (SSSR count). The van der Waals surface area contributed by atoms with Gasteiger partial charge in [-0.25, -0.2) is 8.78 Å². The maximum Gasteiger partial charge on any atom is 0.257 e. The summed E-state index contributed by atoms with van der Waals surface area (Å²) in [5.41, 5.74) is 0.890. The van der Waals surface area contributed by atoms with Gasteiger partial charge in [0.05, 0.1) is 16.6 Å². The highest BCUT2D eigenvalue weighted by molar-refractivity contribution is 6.13. The Bertz CT molecular complexity index is 1350. The van der Waals surface area contributed by atoms with Crippen molar-refractivity contribution in [1.82, 2.24) is 9.88 Å². The van der Waals surface area contributed by atoms with Gasteiger partial charge in [0.25, 0.3) is 5.91 Å². The number of benzene rings is 3. The van der Waals surface area contributed by atoms with Crippen molar-refractivity contribution in [2.45, 2.75) is 6.54 Å². The van der Waals surface area contributed by atoms with Crippen LogP contribution in [0.1, 0.15) is 15.9 Å². The standard InChI is InChI=1S/C23H19F2N3O2/c1-28(2)12-13-6-3-4-9-19(13)26-23(30)17-11-14(24)10-16-20(17)27-21-15(22(16)29)7-5-8-18(21)25/h3-11H,12H2,1-2H3,(H,26,30)(H,27,29). The number of anilines is 1. The molecule has 3 aromatic carbocycles. The number of carbonyl (C=O) groups excluding carboxylic acids is 1. The number of carbonyl (C=O) groups is 1. The molecular weight excluding hydrogens is 388 g/mol. The summed E-state index contributed by atoms with van der Waals surface area (Å²) in [5.74, 6) is -1.95. The molecule has 0 fully saturated rings. The fraction of sp³-hybridized carbons (Fsp3) is 0.130. The molecule has 0 spiro atoms. The molecule has 0 saturated heterocycles. The van der Waals surface area contributed by atoms with Gasteiger partial charge in [0.2, 0.25) is 0 Å². The molecule has 0 saturated carbocycles. The van der Waals surface area contributed by atoms with Crippen LogP contribution in [-0.4, -0.2) is 29.9 Å². The van der Waals surface area contributed by atoms with Crippen molar-refractivity contribution >= 4 is 33.4 Å². The Labute approximate surface area is 170 Å². The number of rotatable bonds is 4. The van der Waals surface area contributed by atoms with Gasteiger partial charge in [-0.15, -0.1) is 0 Å². The minimum atomic E-state index is -0.726. The van der Waals surface area contributed by atoms with Crippen LogP contribution in [0, 0.1) is 11.6 Å². The average molecular weight is 407 g/mol. The predicted octanol–water partition coefficient (Wildman–Crippen LogP) is 4.27. The lowest BCUT2D eigenvalue weighted by atomic mass is 10.0. The molecule has 4 aromatic rings. The van der Waals surface area contributed by atoms with Crippen LogP contribution in [0.3, 0.4) is 0 Å². The maximum atomic E-state index is 14.3. The summed E-state index contributed by atoms with van der Waals surface area (Å²) in [6, 6.07) is 13.4. The summed E-state index contributed by atoms with van der Waals surface area (Å²) in [6.07, 6.45) is 0. The zero-order valence-corrected chi connectivity index (χ0v) is 16.4.